The van der Waals surface area contributed by atoms with E-state index in [9.17, 15) is 14.4 Å². The van der Waals surface area contributed by atoms with E-state index in [-0.39, 0.29) is 19.8 Å². The molecule has 0 aliphatic heterocycles. The molecule has 2 aromatic carbocycles. The number of benzene rings is 2. The van der Waals surface area contributed by atoms with E-state index >= 15 is 0 Å². The van der Waals surface area contributed by atoms with Crippen LogP contribution in [0.2, 0.25) is 0 Å². The molecule has 0 fully saturated rings. The van der Waals surface area contributed by atoms with E-state index < -0.39 is 18.3 Å². The first kappa shape index (κ1) is 25.5. The molecular weight excluding hydrogens is 426 g/mol. The average molecular weight is 458 g/mol. The van der Waals surface area contributed by atoms with Crippen LogP contribution >= 0.6 is 0 Å². The van der Waals surface area contributed by atoms with E-state index in [2.05, 4.69) is 16.0 Å². The molecule has 2 aromatic rings. The molecule has 0 aliphatic carbocycles. The van der Waals surface area contributed by atoms with Gasteiger partial charge in [-0.1, -0.05) is 61.5 Å². The number of rotatable bonds is 12. The van der Waals surface area contributed by atoms with Gasteiger partial charge in [-0.05, 0) is 23.1 Å². The monoisotopic (exact) mass is 457 g/mol. The van der Waals surface area contributed by atoms with Crippen LogP contribution in [-0.2, 0) is 33.8 Å². The predicted octanol–water partition coefficient (Wildman–Crippen LogP) is 3.87. The Morgan fingerprint density at radius 3 is 1.61 bits per heavy atom. The van der Waals surface area contributed by atoms with Crippen LogP contribution in [0.3, 0.4) is 0 Å². The number of carbonyl (C=O) groups excluding carboxylic acids is 3. The fourth-order valence-electron chi connectivity index (χ4n) is 2.70. The quantitative estimate of drug-likeness (QED) is 0.329. The maximum absolute atomic E-state index is 11.8. The van der Waals surface area contributed by atoms with Crippen LogP contribution in [0.25, 0.3) is 0 Å². The fraction of sp³-hybridized carbons (Fsp3) is 0.375. The lowest BCUT2D eigenvalue weighted by Crippen LogP contribution is -2.26. The third kappa shape index (κ3) is 11.4. The molecule has 9 nitrogen and oxygen atoms in total. The van der Waals surface area contributed by atoms with Gasteiger partial charge >= 0.3 is 18.3 Å². The molecule has 0 unspecified atom stereocenters. The van der Waals surface area contributed by atoms with Gasteiger partial charge < -0.3 is 30.2 Å². The molecule has 0 bridgehead atoms. The molecule has 0 atom stereocenters. The van der Waals surface area contributed by atoms with Gasteiger partial charge in [-0.3, -0.25) is 0 Å². The molecule has 2 rings (SSSR count). The van der Waals surface area contributed by atoms with Crippen molar-refractivity contribution in [3.05, 3.63) is 71.3 Å². The predicted molar refractivity (Wildman–Crippen MR) is 122 cm³/mol. The highest BCUT2D eigenvalue weighted by molar-refractivity contribution is 5.68. The number of hydrogen-bond donors (Lipinski definition) is 3. The molecular formula is C24H31N3O6. The Morgan fingerprint density at radius 1 is 0.636 bits per heavy atom. The lowest BCUT2D eigenvalue weighted by molar-refractivity contribution is 0.118. The van der Waals surface area contributed by atoms with Gasteiger partial charge in [-0.2, -0.15) is 0 Å². The fourth-order valence-corrected chi connectivity index (χ4v) is 2.70. The second kappa shape index (κ2) is 15.1. The summed E-state index contributed by atoms with van der Waals surface area (Å²) < 4.78 is 15.1. The summed E-state index contributed by atoms with van der Waals surface area (Å²) in [5.41, 5.74) is 2.73. The van der Waals surface area contributed by atoms with E-state index in [1.807, 2.05) is 61.5 Å². The number of carbonyl (C=O) groups is 3. The molecule has 0 heterocycles. The molecule has 0 saturated carbocycles. The largest absolute Gasteiger partial charge is 0.450 e. The van der Waals surface area contributed by atoms with E-state index in [4.69, 9.17) is 14.2 Å². The highest BCUT2D eigenvalue weighted by atomic mass is 16.6. The normalized spacial score (nSPS) is 10.1. The third-order valence-corrected chi connectivity index (χ3v) is 4.34. The zero-order valence-corrected chi connectivity index (χ0v) is 18.8. The average Bonchev–Trinajstić information content (AvgIpc) is 2.84. The van der Waals surface area contributed by atoms with Crippen molar-refractivity contribution < 1.29 is 28.6 Å². The zero-order valence-electron chi connectivity index (χ0n) is 18.8. The number of alkyl carbamates (subject to hydrolysis) is 3. The second-order valence-electron chi connectivity index (χ2n) is 7.13. The van der Waals surface area contributed by atoms with Gasteiger partial charge in [0, 0.05) is 26.1 Å². The highest BCUT2D eigenvalue weighted by Gasteiger charge is 2.06. The standard InChI is InChI=1S/C24H31N3O6/c1-2-12-31-22(28)26-17-20-10-6-11-21(15-20)18-27-24(30)33-14-7-13-32-23(29)25-16-19-8-4-3-5-9-19/h3-6,8-11,15H,2,7,12-14,16-18H2,1H3,(H,25,29)(H,26,28)(H,27,30). The third-order valence-electron chi connectivity index (χ3n) is 4.34. The van der Waals surface area contributed by atoms with E-state index in [0.717, 1.165) is 23.1 Å². The van der Waals surface area contributed by atoms with Crippen molar-refractivity contribution in [3.63, 3.8) is 0 Å². The molecule has 0 radical (unpaired) electrons. The first-order chi connectivity index (χ1) is 16.1. The summed E-state index contributed by atoms with van der Waals surface area (Å²) in [6.45, 7) is 3.58. The second-order valence-corrected chi connectivity index (χ2v) is 7.13. The summed E-state index contributed by atoms with van der Waals surface area (Å²) in [6, 6.07) is 17.0. The van der Waals surface area contributed by atoms with Crippen molar-refractivity contribution in [2.45, 2.75) is 39.4 Å². The van der Waals surface area contributed by atoms with Crippen LogP contribution in [0.1, 0.15) is 36.5 Å². The Bertz CT molecular complexity index is 876. The highest BCUT2D eigenvalue weighted by Crippen LogP contribution is 2.05. The van der Waals surface area contributed by atoms with Gasteiger partial charge in [0.1, 0.15) is 0 Å². The number of nitrogens with one attached hydrogen (secondary N) is 3. The Labute approximate surface area is 193 Å². The van der Waals surface area contributed by atoms with Crippen molar-refractivity contribution in [2.75, 3.05) is 19.8 Å². The van der Waals surface area contributed by atoms with Gasteiger partial charge in [-0.25, -0.2) is 14.4 Å². The lowest BCUT2D eigenvalue weighted by Gasteiger charge is -2.10. The van der Waals surface area contributed by atoms with Gasteiger partial charge in [0.15, 0.2) is 0 Å². The van der Waals surface area contributed by atoms with Crippen molar-refractivity contribution in [1.82, 2.24) is 16.0 Å². The van der Waals surface area contributed by atoms with Crippen molar-refractivity contribution in [3.8, 4) is 0 Å². The molecule has 0 saturated heterocycles. The minimum Gasteiger partial charge on any atom is -0.450 e. The van der Waals surface area contributed by atoms with E-state index in [0.29, 0.717) is 26.1 Å². The maximum atomic E-state index is 11.8. The number of ether oxygens (including phenoxy) is 3. The van der Waals surface area contributed by atoms with Crippen LogP contribution in [0, 0.1) is 0 Å². The van der Waals surface area contributed by atoms with Crippen molar-refractivity contribution in [2.24, 2.45) is 0 Å². The molecule has 9 heteroatoms. The summed E-state index contributed by atoms with van der Waals surface area (Å²) in [7, 11) is 0. The molecule has 0 aliphatic rings. The van der Waals surface area contributed by atoms with Crippen LogP contribution < -0.4 is 16.0 Å². The van der Waals surface area contributed by atoms with Crippen LogP contribution in [0.15, 0.2) is 54.6 Å². The molecule has 33 heavy (non-hydrogen) atoms. The minimum absolute atomic E-state index is 0.127. The van der Waals surface area contributed by atoms with Gasteiger partial charge in [-0.15, -0.1) is 0 Å². The number of hydrogen-bond acceptors (Lipinski definition) is 6. The first-order valence-corrected chi connectivity index (χ1v) is 10.9. The Morgan fingerprint density at radius 2 is 1.09 bits per heavy atom. The van der Waals surface area contributed by atoms with E-state index in [1.165, 1.54) is 0 Å². The summed E-state index contributed by atoms with van der Waals surface area (Å²) in [5, 5.41) is 7.99. The lowest BCUT2D eigenvalue weighted by atomic mass is 10.1. The minimum atomic E-state index is -0.560. The SMILES string of the molecule is CCCOC(=O)NCc1cccc(CNC(=O)OCCCOC(=O)NCc2ccccc2)c1. The summed E-state index contributed by atoms with van der Waals surface area (Å²) in [5.74, 6) is 0. The molecule has 3 N–H and O–H groups in total. The van der Waals surface area contributed by atoms with E-state index in [1.54, 1.807) is 0 Å². The van der Waals surface area contributed by atoms with Gasteiger partial charge in [0.05, 0.1) is 19.8 Å². The Hall–Kier alpha value is -3.75. The Kier molecular flexibility index (Phi) is 11.7. The van der Waals surface area contributed by atoms with Gasteiger partial charge in [0.25, 0.3) is 0 Å². The zero-order chi connectivity index (χ0) is 23.7. The smallest absolute Gasteiger partial charge is 0.407 e. The molecule has 0 aromatic heterocycles. The topological polar surface area (TPSA) is 115 Å². The molecule has 178 valence electrons. The summed E-state index contributed by atoms with van der Waals surface area (Å²) >= 11 is 0. The first-order valence-electron chi connectivity index (χ1n) is 10.9. The number of amides is 3. The molecule has 3 amide bonds. The Balaban J connectivity index is 1.55. The van der Waals surface area contributed by atoms with Crippen LogP contribution in [0.4, 0.5) is 14.4 Å². The summed E-state index contributed by atoms with van der Waals surface area (Å²) in [4.78, 5) is 35.0. The van der Waals surface area contributed by atoms with Crippen molar-refractivity contribution >= 4 is 18.3 Å². The maximum Gasteiger partial charge on any atom is 0.407 e. The van der Waals surface area contributed by atoms with Gasteiger partial charge in [0.2, 0.25) is 0 Å². The molecule has 0 spiro atoms. The van der Waals surface area contributed by atoms with Crippen molar-refractivity contribution in [1.29, 1.82) is 0 Å². The van der Waals surface area contributed by atoms with Crippen LogP contribution in [-0.4, -0.2) is 38.1 Å². The summed E-state index contributed by atoms with van der Waals surface area (Å²) in [6.07, 6.45) is -0.378. The van der Waals surface area contributed by atoms with Crippen LogP contribution in [0.5, 0.6) is 0 Å².